The summed E-state index contributed by atoms with van der Waals surface area (Å²) in [5.74, 6) is 1.00. The smallest absolute Gasteiger partial charge is 0.119 e. The van der Waals surface area contributed by atoms with E-state index in [1.165, 1.54) is 40.4 Å². The molecule has 0 spiro atoms. The van der Waals surface area contributed by atoms with Gasteiger partial charge in [-0.2, -0.15) is 0 Å². The van der Waals surface area contributed by atoms with E-state index >= 15 is 0 Å². The molecule has 0 aromatic heterocycles. The third kappa shape index (κ3) is 3.30. The predicted molar refractivity (Wildman–Crippen MR) is 87.5 cm³/mol. The van der Waals surface area contributed by atoms with E-state index in [-0.39, 0.29) is 0 Å². The second-order valence-corrected chi connectivity index (χ2v) is 6.30. The monoisotopic (exact) mass is 364 g/mol. The van der Waals surface area contributed by atoms with E-state index in [2.05, 4.69) is 71.1 Å². The van der Waals surface area contributed by atoms with Gasteiger partial charge in [-0.15, -0.1) is 0 Å². The first-order chi connectivity index (χ1) is 9.31. The van der Waals surface area contributed by atoms with E-state index in [4.69, 9.17) is 4.74 Å². The second kappa shape index (κ2) is 5.95. The van der Waals surface area contributed by atoms with Crippen LogP contribution in [-0.4, -0.2) is 6.10 Å². The number of hydrogen-bond donors (Lipinski definition) is 0. The minimum atomic E-state index is 0.434. The Morgan fingerprint density at radius 2 is 1.32 bits per heavy atom. The third-order valence-corrected chi connectivity index (χ3v) is 4.36. The van der Waals surface area contributed by atoms with Crippen LogP contribution in [0.25, 0.3) is 11.1 Å². The van der Waals surface area contributed by atoms with Crippen molar-refractivity contribution < 1.29 is 4.74 Å². The fraction of sp³-hybridized carbons (Fsp3) is 0.294. The van der Waals surface area contributed by atoms with E-state index in [0.717, 1.165) is 5.75 Å². The van der Waals surface area contributed by atoms with Crippen LogP contribution in [-0.2, 0) is 0 Å². The van der Waals surface area contributed by atoms with Crippen LogP contribution in [0.3, 0.4) is 0 Å². The van der Waals surface area contributed by atoms with Gasteiger partial charge < -0.3 is 4.74 Å². The molecular formula is C17H17IO. The third-order valence-electron chi connectivity index (χ3n) is 3.64. The Morgan fingerprint density at radius 1 is 0.789 bits per heavy atom. The molecule has 1 aliphatic rings. The van der Waals surface area contributed by atoms with Gasteiger partial charge >= 0.3 is 0 Å². The van der Waals surface area contributed by atoms with E-state index < -0.39 is 0 Å². The summed E-state index contributed by atoms with van der Waals surface area (Å²) in [6.45, 7) is 0. The lowest BCUT2D eigenvalue weighted by atomic mass is 10.1. The van der Waals surface area contributed by atoms with Gasteiger partial charge in [0.25, 0.3) is 0 Å². The molecule has 0 atom stereocenters. The molecule has 1 saturated carbocycles. The fourth-order valence-corrected chi connectivity index (χ4v) is 2.93. The molecule has 98 valence electrons. The van der Waals surface area contributed by atoms with E-state index in [0.29, 0.717) is 6.10 Å². The Balaban J connectivity index is 1.72. The second-order valence-electron chi connectivity index (χ2n) is 5.06. The van der Waals surface area contributed by atoms with Crippen LogP contribution in [0.5, 0.6) is 5.75 Å². The Bertz CT molecular complexity index is 524. The Kier molecular flexibility index (Phi) is 4.06. The molecule has 0 bridgehead atoms. The molecule has 1 fully saturated rings. The first-order valence-electron chi connectivity index (χ1n) is 6.84. The summed E-state index contributed by atoms with van der Waals surface area (Å²) in [5, 5.41) is 0. The summed E-state index contributed by atoms with van der Waals surface area (Å²) < 4.78 is 7.25. The topological polar surface area (TPSA) is 9.23 Å². The SMILES string of the molecule is Ic1ccc(-c2ccc(OC3CCCC3)cc2)cc1. The Morgan fingerprint density at radius 3 is 1.89 bits per heavy atom. The van der Waals surface area contributed by atoms with Crippen LogP contribution in [0.1, 0.15) is 25.7 Å². The number of halogens is 1. The van der Waals surface area contributed by atoms with E-state index in [1.54, 1.807) is 0 Å². The molecule has 0 heterocycles. The molecule has 2 aromatic rings. The normalized spacial score (nSPS) is 15.6. The quantitative estimate of drug-likeness (QED) is 0.674. The van der Waals surface area contributed by atoms with Crippen molar-refractivity contribution >= 4 is 22.6 Å². The zero-order chi connectivity index (χ0) is 13.1. The molecule has 1 aliphatic carbocycles. The molecule has 1 nitrogen and oxygen atoms in total. The number of hydrogen-bond acceptors (Lipinski definition) is 1. The summed E-state index contributed by atoms with van der Waals surface area (Å²) in [6.07, 6.45) is 5.47. The molecule has 2 aromatic carbocycles. The van der Waals surface area contributed by atoms with Gasteiger partial charge in [-0.1, -0.05) is 24.3 Å². The summed E-state index contributed by atoms with van der Waals surface area (Å²) >= 11 is 2.33. The molecule has 3 rings (SSSR count). The fourth-order valence-electron chi connectivity index (χ4n) is 2.57. The van der Waals surface area contributed by atoms with Gasteiger partial charge in [-0.05, 0) is 83.7 Å². The first kappa shape index (κ1) is 13.0. The minimum Gasteiger partial charge on any atom is -0.490 e. The van der Waals surface area contributed by atoms with Gasteiger partial charge in [0, 0.05) is 3.57 Å². The van der Waals surface area contributed by atoms with Crippen molar-refractivity contribution in [2.24, 2.45) is 0 Å². The highest BCUT2D eigenvalue weighted by Crippen LogP contribution is 2.27. The zero-order valence-corrected chi connectivity index (χ0v) is 13.0. The molecule has 0 unspecified atom stereocenters. The number of ether oxygens (including phenoxy) is 1. The van der Waals surface area contributed by atoms with Gasteiger partial charge in [0.2, 0.25) is 0 Å². The van der Waals surface area contributed by atoms with E-state index in [1.807, 2.05) is 0 Å². The standard InChI is InChI=1S/C17H17IO/c18-15-9-5-13(6-10-15)14-7-11-17(12-8-14)19-16-3-1-2-4-16/h5-12,16H,1-4H2. The summed E-state index contributed by atoms with van der Waals surface area (Å²) in [7, 11) is 0. The molecule has 0 aliphatic heterocycles. The number of benzene rings is 2. The molecule has 0 radical (unpaired) electrons. The van der Waals surface area contributed by atoms with Crippen LogP contribution in [0.15, 0.2) is 48.5 Å². The summed E-state index contributed by atoms with van der Waals surface area (Å²) in [6, 6.07) is 17.1. The largest absolute Gasteiger partial charge is 0.490 e. The van der Waals surface area contributed by atoms with Gasteiger partial charge in [0.05, 0.1) is 6.10 Å². The average molecular weight is 364 g/mol. The van der Waals surface area contributed by atoms with Crippen molar-refractivity contribution in [1.29, 1.82) is 0 Å². The highest BCUT2D eigenvalue weighted by molar-refractivity contribution is 14.1. The van der Waals surface area contributed by atoms with Crippen LogP contribution in [0.2, 0.25) is 0 Å². The van der Waals surface area contributed by atoms with Crippen LogP contribution >= 0.6 is 22.6 Å². The highest BCUT2D eigenvalue weighted by Gasteiger charge is 2.16. The van der Waals surface area contributed by atoms with E-state index in [9.17, 15) is 0 Å². The first-order valence-corrected chi connectivity index (χ1v) is 7.92. The highest BCUT2D eigenvalue weighted by atomic mass is 127. The van der Waals surface area contributed by atoms with Crippen molar-refractivity contribution in [2.45, 2.75) is 31.8 Å². The van der Waals surface area contributed by atoms with Crippen LogP contribution < -0.4 is 4.74 Å². The Labute approximate surface area is 128 Å². The van der Waals surface area contributed by atoms with Crippen molar-refractivity contribution in [3.8, 4) is 16.9 Å². The van der Waals surface area contributed by atoms with Crippen LogP contribution in [0.4, 0.5) is 0 Å². The van der Waals surface area contributed by atoms with Crippen molar-refractivity contribution in [3.05, 3.63) is 52.1 Å². The molecule has 2 heteroatoms. The van der Waals surface area contributed by atoms with Gasteiger partial charge in [-0.25, -0.2) is 0 Å². The molecule has 0 N–H and O–H groups in total. The lowest BCUT2D eigenvalue weighted by Crippen LogP contribution is -2.10. The van der Waals surface area contributed by atoms with Crippen molar-refractivity contribution in [2.75, 3.05) is 0 Å². The maximum atomic E-state index is 5.98. The lowest BCUT2D eigenvalue weighted by Gasteiger charge is -2.13. The zero-order valence-electron chi connectivity index (χ0n) is 10.8. The van der Waals surface area contributed by atoms with Gasteiger partial charge in [0.15, 0.2) is 0 Å². The summed E-state index contributed by atoms with van der Waals surface area (Å²) in [4.78, 5) is 0. The van der Waals surface area contributed by atoms with Crippen molar-refractivity contribution in [3.63, 3.8) is 0 Å². The predicted octanol–water partition coefficient (Wildman–Crippen LogP) is 5.28. The maximum Gasteiger partial charge on any atom is 0.119 e. The maximum absolute atomic E-state index is 5.98. The number of rotatable bonds is 3. The van der Waals surface area contributed by atoms with Crippen LogP contribution in [0, 0.1) is 3.57 Å². The Hall–Kier alpha value is -1.03. The minimum absolute atomic E-state index is 0.434. The van der Waals surface area contributed by atoms with Gasteiger partial charge in [0.1, 0.15) is 5.75 Å². The molecule has 0 amide bonds. The molecule has 19 heavy (non-hydrogen) atoms. The lowest BCUT2D eigenvalue weighted by molar-refractivity contribution is 0.210. The van der Waals surface area contributed by atoms with Gasteiger partial charge in [-0.3, -0.25) is 0 Å². The molecule has 0 saturated heterocycles. The average Bonchev–Trinajstić information content (AvgIpc) is 2.94. The summed E-state index contributed by atoms with van der Waals surface area (Å²) in [5.41, 5.74) is 2.50. The molecular weight excluding hydrogens is 347 g/mol. The van der Waals surface area contributed by atoms with Crippen molar-refractivity contribution in [1.82, 2.24) is 0 Å².